The summed E-state index contributed by atoms with van der Waals surface area (Å²) in [5, 5.41) is 14.0. The van der Waals surface area contributed by atoms with Crippen LogP contribution in [0.15, 0.2) is 17.3 Å². The van der Waals surface area contributed by atoms with Crippen molar-refractivity contribution in [2.45, 2.75) is 37.7 Å². The third-order valence-electron chi connectivity index (χ3n) is 3.29. The predicted octanol–water partition coefficient (Wildman–Crippen LogP) is 0.495. The molecule has 1 aromatic rings. The molecule has 2 N–H and O–H groups in total. The maximum atomic E-state index is 11.9. The van der Waals surface area contributed by atoms with Crippen LogP contribution in [-0.2, 0) is 17.1 Å². The summed E-state index contributed by atoms with van der Waals surface area (Å²) in [6.07, 6.45) is 3.47. The molecule has 1 heterocycles. The van der Waals surface area contributed by atoms with Gasteiger partial charge in [0.05, 0.1) is 11.8 Å². The summed E-state index contributed by atoms with van der Waals surface area (Å²) in [5.41, 5.74) is -1.07. The van der Waals surface area contributed by atoms with Crippen LogP contribution in [0.1, 0.15) is 27.2 Å². The molecule has 0 bridgehead atoms. The van der Waals surface area contributed by atoms with E-state index in [1.54, 1.807) is 14.0 Å². The maximum Gasteiger partial charge on any atom is 0.243 e. The van der Waals surface area contributed by atoms with Crippen molar-refractivity contribution in [3.8, 4) is 0 Å². The molecule has 0 aliphatic carbocycles. The minimum atomic E-state index is -3.61. The molecule has 0 amide bonds. The highest BCUT2D eigenvalue weighted by atomic mass is 32.2. The van der Waals surface area contributed by atoms with Gasteiger partial charge in [-0.25, -0.2) is 13.1 Å². The van der Waals surface area contributed by atoms with Crippen LogP contribution in [0.2, 0.25) is 0 Å². The third-order valence-corrected chi connectivity index (χ3v) is 4.64. The van der Waals surface area contributed by atoms with E-state index >= 15 is 0 Å². The quantitative estimate of drug-likeness (QED) is 0.791. The van der Waals surface area contributed by atoms with Crippen LogP contribution in [0.25, 0.3) is 0 Å². The molecule has 2 atom stereocenters. The number of nitrogens with zero attached hydrogens (tertiary/aromatic N) is 2. The molecule has 0 spiro atoms. The van der Waals surface area contributed by atoms with E-state index in [0.717, 1.165) is 6.42 Å². The van der Waals surface area contributed by atoms with E-state index in [0.29, 0.717) is 0 Å². The number of hydrogen-bond acceptors (Lipinski definition) is 4. The summed E-state index contributed by atoms with van der Waals surface area (Å²) >= 11 is 0. The Bertz CT molecular complexity index is 493. The van der Waals surface area contributed by atoms with E-state index in [4.69, 9.17) is 0 Å². The molecule has 0 radical (unpaired) electrons. The van der Waals surface area contributed by atoms with Gasteiger partial charge in [-0.1, -0.05) is 20.3 Å². The Labute approximate surface area is 108 Å². The van der Waals surface area contributed by atoms with Gasteiger partial charge in [0.15, 0.2) is 0 Å². The van der Waals surface area contributed by atoms with Crippen molar-refractivity contribution in [1.29, 1.82) is 0 Å². The Balaban J connectivity index is 2.74. The second-order valence-corrected chi connectivity index (χ2v) is 6.61. The summed E-state index contributed by atoms with van der Waals surface area (Å²) in [7, 11) is -1.96. The number of nitrogens with one attached hydrogen (secondary N) is 1. The van der Waals surface area contributed by atoms with Gasteiger partial charge in [0.1, 0.15) is 4.90 Å². The first-order valence-electron chi connectivity index (χ1n) is 5.89. The topological polar surface area (TPSA) is 84.2 Å². The van der Waals surface area contributed by atoms with Crippen molar-refractivity contribution in [3.05, 3.63) is 12.4 Å². The molecule has 0 aliphatic heterocycles. The van der Waals surface area contributed by atoms with Crippen molar-refractivity contribution < 1.29 is 13.5 Å². The Hall–Kier alpha value is -0.920. The van der Waals surface area contributed by atoms with Gasteiger partial charge in [0, 0.05) is 19.8 Å². The average Bonchev–Trinajstić information content (AvgIpc) is 2.73. The molecule has 0 aromatic carbocycles. The Morgan fingerprint density at radius 2 is 2.22 bits per heavy atom. The number of rotatable bonds is 6. The summed E-state index contributed by atoms with van der Waals surface area (Å²) in [6.45, 7) is 5.46. The monoisotopic (exact) mass is 275 g/mol. The highest BCUT2D eigenvalue weighted by Crippen LogP contribution is 2.19. The van der Waals surface area contributed by atoms with E-state index < -0.39 is 15.6 Å². The number of hydrogen-bond donors (Lipinski definition) is 2. The fourth-order valence-corrected chi connectivity index (χ4v) is 2.60. The maximum absolute atomic E-state index is 11.9. The highest BCUT2D eigenvalue weighted by molar-refractivity contribution is 7.89. The largest absolute Gasteiger partial charge is 0.389 e. The van der Waals surface area contributed by atoms with Crippen LogP contribution in [0, 0.1) is 5.92 Å². The van der Waals surface area contributed by atoms with Crippen molar-refractivity contribution in [2.75, 3.05) is 6.54 Å². The molecule has 0 unspecified atom stereocenters. The van der Waals surface area contributed by atoms with Gasteiger partial charge in [-0.2, -0.15) is 5.10 Å². The Kier molecular flexibility index (Phi) is 4.52. The van der Waals surface area contributed by atoms with Crippen LogP contribution in [0.5, 0.6) is 0 Å². The number of aromatic nitrogens is 2. The first-order chi connectivity index (χ1) is 8.19. The minimum Gasteiger partial charge on any atom is -0.389 e. The van der Waals surface area contributed by atoms with Gasteiger partial charge in [0.25, 0.3) is 0 Å². The zero-order valence-corrected chi connectivity index (χ0v) is 12.0. The summed E-state index contributed by atoms with van der Waals surface area (Å²) in [6, 6.07) is 0. The molecular formula is C11H21N3O3S. The molecule has 6 nitrogen and oxygen atoms in total. The van der Waals surface area contributed by atoms with Crippen LogP contribution in [-0.4, -0.2) is 35.5 Å². The smallest absolute Gasteiger partial charge is 0.243 e. The van der Waals surface area contributed by atoms with E-state index in [1.165, 1.54) is 17.1 Å². The second-order valence-electron chi connectivity index (χ2n) is 4.84. The van der Waals surface area contributed by atoms with Crippen LogP contribution < -0.4 is 4.72 Å². The molecule has 0 saturated heterocycles. The number of sulfonamides is 1. The lowest BCUT2D eigenvalue weighted by atomic mass is 9.89. The highest BCUT2D eigenvalue weighted by Gasteiger charge is 2.29. The minimum absolute atomic E-state index is 0.00842. The molecule has 0 aliphatic rings. The van der Waals surface area contributed by atoms with Crippen molar-refractivity contribution in [3.63, 3.8) is 0 Å². The Morgan fingerprint density at radius 3 is 2.67 bits per heavy atom. The lowest BCUT2D eigenvalue weighted by Gasteiger charge is -2.29. The molecule has 18 heavy (non-hydrogen) atoms. The lowest BCUT2D eigenvalue weighted by Crippen LogP contribution is -2.44. The van der Waals surface area contributed by atoms with E-state index in [9.17, 15) is 13.5 Å². The van der Waals surface area contributed by atoms with Gasteiger partial charge in [-0.05, 0) is 12.8 Å². The SMILES string of the molecule is CC[C@H](C)[C@](C)(O)CNS(=O)(=O)c1cnn(C)c1. The molecule has 0 fully saturated rings. The van der Waals surface area contributed by atoms with Crippen LogP contribution >= 0.6 is 0 Å². The van der Waals surface area contributed by atoms with E-state index in [1.807, 2.05) is 13.8 Å². The van der Waals surface area contributed by atoms with Gasteiger partial charge >= 0.3 is 0 Å². The molecule has 1 aromatic heterocycles. The Morgan fingerprint density at radius 1 is 1.61 bits per heavy atom. The number of aryl methyl sites for hydroxylation is 1. The summed E-state index contributed by atoms with van der Waals surface area (Å²) in [4.78, 5) is 0.102. The molecular weight excluding hydrogens is 254 g/mol. The fraction of sp³-hybridized carbons (Fsp3) is 0.727. The standard InChI is InChI=1S/C11H21N3O3S/c1-5-9(2)11(3,15)8-13-18(16,17)10-6-12-14(4)7-10/h6-7,9,13,15H,5,8H2,1-4H3/t9-,11+/m0/s1. The molecule has 7 heteroatoms. The summed E-state index contributed by atoms with van der Waals surface area (Å²) in [5.74, 6) is 0.00842. The third kappa shape index (κ3) is 3.54. The van der Waals surface area contributed by atoms with E-state index in [-0.39, 0.29) is 17.4 Å². The second kappa shape index (κ2) is 5.38. The zero-order chi connectivity index (χ0) is 14.0. The van der Waals surface area contributed by atoms with Crippen LogP contribution in [0.3, 0.4) is 0 Å². The van der Waals surface area contributed by atoms with Crippen LogP contribution in [0.4, 0.5) is 0 Å². The lowest BCUT2D eigenvalue weighted by molar-refractivity contribution is 0.0102. The normalized spacial score (nSPS) is 17.4. The van der Waals surface area contributed by atoms with Crippen molar-refractivity contribution in [2.24, 2.45) is 13.0 Å². The van der Waals surface area contributed by atoms with Gasteiger partial charge in [-0.15, -0.1) is 0 Å². The zero-order valence-electron chi connectivity index (χ0n) is 11.2. The van der Waals surface area contributed by atoms with Crippen molar-refractivity contribution in [1.82, 2.24) is 14.5 Å². The van der Waals surface area contributed by atoms with Crippen molar-refractivity contribution >= 4 is 10.0 Å². The van der Waals surface area contributed by atoms with E-state index in [2.05, 4.69) is 9.82 Å². The van der Waals surface area contributed by atoms with Gasteiger partial charge < -0.3 is 5.11 Å². The van der Waals surface area contributed by atoms with Gasteiger partial charge in [0.2, 0.25) is 10.0 Å². The fourth-order valence-electron chi connectivity index (χ4n) is 1.48. The molecule has 104 valence electrons. The predicted molar refractivity (Wildman–Crippen MR) is 68.5 cm³/mol. The summed E-state index contributed by atoms with van der Waals surface area (Å²) < 4.78 is 27.7. The number of aliphatic hydroxyl groups is 1. The average molecular weight is 275 g/mol. The first kappa shape index (κ1) is 15.1. The molecule has 0 saturated carbocycles. The van der Waals surface area contributed by atoms with Gasteiger partial charge in [-0.3, -0.25) is 4.68 Å². The first-order valence-corrected chi connectivity index (χ1v) is 7.38. The molecule has 1 rings (SSSR count).